The van der Waals surface area contributed by atoms with Crippen molar-refractivity contribution in [2.24, 2.45) is 0 Å². The molecule has 0 spiro atoms. The molecule has 0 unspecified atom stereocenters. The Balaban J connectivity index is 2.91. The fourth-order valence-corrected chi connectivity index (χ4v) is 2.10. The first-order valence-corrected chi connectivity index (χ1v) is 7.14. The average Bonchev–Trinajstić information content (AvgIpc) is 2.33. The van der Waals surface area contributed by atoms with Crippen LogP contribution in [0.1, 0.15) is 34.6 Å². The van der Waals surface area contributed by atoms with Gasteiger partial charge in [0.25, 0.3) is 0 Å². The molecule has 1 amide bonds. The lowest BCUT2D eigenvalue weighted by molar-refractivity contribution is -0.281. The second kappa shape index (κ2) is 6.62. The molecule has 1 aliphatic rings. The van der Waals surface area contributed by atoms with Crippen molar-refractivity contribution in [3.63, 3.8) is 0 Å². The quantitative estimate of drug-likeness (QED) is 0.748. The number of ether oxygens (including phenoxy) is 3. The Kier molecular flexibility index (Phi) is 5.59. The summed E-state index contributed by atoms with van der Waals surface area (Å²) in [5.41, 5.74) is -0.560. The normalized spacial score (nSPS) is 25.0. The molecule has 21 heavy (non-hydrogen) atoms. The van der Waals surface area contributed by atoms with E-state index in [0.717, 1.165) is 0 Å². The van der Waals surface area contributed by atoms with Gasteiger partial charge in [-0.3, -0.25) is 4.90 Å². The molecule has 1 rings (SSSR count). The van der Waals surface area contributed by atoms with E-state index in [9.17, 15) is 4.79 Å². The molecule has 0 radical (unpaired) electrons. The fourth-order valence-electron chi connectivity index (χ4n) is 2.10. The van der Waals surface area contributed by atoms with E-state index in [4.69, 9.17) is 14.2 Å². The summed E-state index contributed by atoms with van der Waals surface area (Å²) in [6, 6.07) is -0.289. The lowest BCUT2D eigenvalue weighted by Crippen LogP contribution is -2.57. The van der Waals surface area contributed by atoms with Crippen molar-refractivity contribution in [2.75, 3.05) is 13.2 Å². The SMILES string of the molecule is C=CCN(C(=O)OC(C)(C)C)[C@@H]1COC(C)(C)O[C@@H]1C=C. The molecule has 5 nitrogen and oxygen atoms in total. The number of carbonyl (C=O) groups is 1. The first-order valence-electron chi connectivity index (χ1n) is 7.14. The zero-order chi connectivity index (χ0) is 16.3. The van der Waals surface area contributed by atoms with Crippen LogP contribution in [-0.2, 0) is 14.2 Å². The number of carbonyl (C=O) groups excluding carboxylic acids is 1. The predicted octanol–water partition coefficient (Wildman–Crippen LogP) is 3.12. The van der Waals surface area contributed by atoms with Crippen LogP contribution in [0.4, 0.5) is 4.79 Å². The number of amides is 1. The van der Waals surface area contributed by atoms with Crippen LogP contribution in [0.25, 0.3) is 0 Å². The summed E-state index contributed by atoms with van der Waals surface area (Å²) >= 11 is 0. The van der Waals surface area contributed by atoms with Crippen molar-refractivity contribution in [1.82, 2.24) is 4.90 Å². The van der Waals surface area contributed by atoms with Crippen LogP contribution < -0.4 is 0 Å². The Morgan fingerprint density at radius 3 is 2.52 bits per heavy atom. The predicted molar refractivity (Wildman–Crippen MR) is 82.0 cm³/mol. The van der Waals surface area contributed by atoms with Gasteiger partial charge in [0.05, 0.1) is 12.6 Å². The van der Waals surface area contributed by atoms with E-state index in [1.54, 1.807) is 17.1 Å². The minimum Gasteiger partial charge on any atom is -0.444 e. The molecule has 120 valence electrons. The molecule has 1 fully saturated rings. The van der Waals surface area contributed by atoms with Crippen molar-refractivity contribution in [2.45, 2.75) is 58.2 Å². The van der Waals surface area contributed by atoms with Crippen molar-refractivity contribution in [1.29, 1.82) is 0 Å². The topological polar surface area (TPSA) is 48.0 Å². The third kappa shape index (κ3) is 5.17. The van der Waals surface area contributed by atoms with Crippen molar-refractivity contribution in [3.8, 4) is 0 Å². The fraction of sp³-hybridized carbons (Fsp3) is 0.688. The van der Waals surface area contributed by atoms with Gasteiger partial charge in [-0.2, -0.15) is 0 Å². The van der Waals surface area contributed by atoms with Gasteiger partial charge < -0.3 is 14.2 Å². The van der Waals surface area contributed by atoms with Crippen LogP contribution in [0.3, 0.4) is 0 Å². The number of hydrogen-bond donors (Lipinski definition) is 0. The lowest BCUT2D eigenvalue weighted by atomic mass is 10.1. The van der Waals surface area contributed by atoms with E-state index in [1.165, 1.54) is 0 Å². The number of rotatable bonds is 4. The van der Waals surface area contributed by atoms with Crippen LogP contribution >= 0.6 is 0 Å². The molecule has 1 saturated heterocycles. The summed E-state index contributed by atoms with van der Waals surface area (Å²) in [7, 11) is 0. The second-order valence-electron chi connectivity index (χ2n) is 6.52. The molecule has 1 heterocycles. The molecule has 0 saturated carbocycles. The number of hydrogen-bond acceptors (Lipinski definition) is 4. The summed E-state index contributed by atoms with van der Waals surface area (Å²) < 4.78 is 16.9. The largest absolute Gasteiger partial charge is 0.444 e. The van der Waals surface area contributed by atoms with Gasteiger partial charge in [-0.15, -0.1) is 13.2 Å². The second-order valence-corrected chi connectivity index (χ2v) is 6.52. The van der Waals surface area contributed by atoms with Gasteiger partial charge in [-0.05, 0) is 34.6 Å². The average molecular weight is 297 g/mol. The minimum atomic E-state index is -0.691. The number of nitrogens with zero attached hydrogens (tertiary/aromatic N) is 1. The van der Waals surface area contributed by atoms with E-state index < -0.39 is 17.5 Å². The summed E-state index contributed by atoms with van der Waals surface area (Å²) in [4.78, 5) is 14.0. The van der Waals surface area contributed by atoms with E-state index in [-0.39, 0.29) is 12.1 Å². The molecule has 2 atom stereocenters. The first kappa shape index (κ1) is 17.7. The van der Waals surface area contributed by atoms with Crippen LogP contribution in [0.5, 0.6) is 0 Å². The Bertz CT molecular complexity index is 398. The Hall–Kier alpha value is -1.33. The molecule has 0 aromatic carbocycles. The van der Waals surface area contributed by atoms with Crippen LogP contribution in [0, 0.1) is 0 Å². The van der Waals surface area contributed by atoms with Crippen LogP contribution in [0.2, 0.25) is 0 Å². The first-order chi connectivity index (χ1) is 9.59. The van der Waals surface area contributed by atoms with E-state index >= 15 is 0 Å². The molecular formula is C16H27NO4. The van der Waals surface area contributed by atoms with E-state index in [2.05, 4.69) is 13.2 Å². The third-order valence-corrected chi connectivity index (χ3v) is 2.99. The van der Waals surface area contributed by atoms with Gasteiger partial charge in [-0.25, -0.2) is 4.79 Å². The highest BCUT2D eigenvalue weighted by molar-refractivity contribution is 5.69. The van der Waals surface area contributed by atoms with Crippen molar-refractivity contribution in [3.05, 3.63) is 25.3 Å². The Morgan fingerprint density at radius 1 is 1.43 bits per heavy atom. The molecular weight excluding hydrogens is 270 g/mol. The Morgan fingerprint density at radius 2 is 2.05 bits per heavy atom. The zero-order valence-corrected chi connectivity index (χ0v) is 13.7. The molecule has 0 bridgehead atoms. The molecule has 0 N–H and O–H groups in total. The molecule has 0 aromatic rings. The lowest BCUT2D eigenvalue weighted by Gasteiger charge is -2.44. The summed E-state index contributed by atoms with van der Waals surface area (Å²) in [6.07, 6.45) is 2.62. The van der Waals surface area contributed by atoms with Crippen molar-refractivity contribution >= 4 is 6.09 Å². The minimum absolute atomic E-state index is 0.289. The van der Waals surface area contributed by atoms with Gasteiger partial charge in [0, 0.05) is 6.54 Å². The van der Waals surface area contributed by atoms with Crippen LogP contribution in [-0.4, -0.2) is 47.7 Å². The maximum atomic E-state index is 12.4. The van der Waals surface area contributed by atoms with E-state index in [0.29, 0.717) is 13.2 Å². The standard InChI is InChI=1S/C16H27NO4/c1-8-10-17(14(18)21-15(3,4)5)12-11-19-16(6,7)20-13(12)9-2/h8-9,12-13H,1-2,10-11H2,3-7H3/t12-,13-/m1/s1. The molecule has 1 aliphatic heterocycles. The molecule has 0 aliphatic carbocycles. The highest BCUT2D eigenvalue weighted by atomic mass is 16.7. The van der Waals surface area contributed by atoms with Gasteiger partial charge >= 0.3 is 6.09 Å². The third-order valence-electron chi connectivity index (χ3n) is 2.99. The monoisotopic (exact) mass is 297 g/mol. The van der Waals surface area contributed by atoms with Crippen molar-refractivity contribution < 1.29 is 19.0 Å². The van der Waals surface area contributed by atoms with E-state index in [1.807, 2.05) is 34.6 Å². The summed E-state index contributed by atoms with van der Waals surface area (Å²) in [6.45, 7) is 17.4. The van der Waals surface area contributed by atoms with Gasteiger partial charge in [-0.1, -0.05) is 12.2 Å². The van der Waals surface area contributed by atoms with Gasteiger partial charge in [0.15, 0.2) is 5.79 Å². The summed E-state index contributed by atoms with van der Waals surface area (Å²) in [5.74, 6) is -0.691. The highest BCUT2D eigenvalue weighted by Gasteiger charge is 2.40. The highest BCUT2D eigenvalue weighted by Crippen LogP contribution is 2.27. The summed E-state index contributed by atoms with van der Waals surface area (Å²) in [5, 5.41) is 0. The maximum absolute atomic E-state index is 12.4. The van der Waals surface area contributed by atoms with Gasteiger partial charge in [0.2, 0.25) is 0 Å². The Labute approximate surface area is 127 Å². The van der Waals surface area contributed by atoms with Crippen LogP contribution in [0.15, 0.2) is 25.3 Å². The molecule has 0 aromatic heterocycles. The van der Waals surface area contributed by atoms with Gasteiger partial charge in [0.1, 0.15) is 11.7 Å². The zero-order valence-electron chi connectivity index (χ0n) is 13.7. The smallest absolute Gasteiger partial charge is 0.411 e. The maximum Gasteiger partial charge on any atom is 0.411 e. The molecule has 5 heteroatoms.